The zero-order valence-electron chi connectivity index (χ0n) is 13.7. The number of carbonyl (C=O) groups excluding carboxylic acids is 1. The van der Waals surface area contributed by atoms with E-state index in [-0.39, 0.29) is 5.91 Å². The molecule has 2 aromatic rings. The molecular weight excluding hydrogens is 284 g/mol. The third kappa shape index (κ3) is 1.92. The van der Waals surface area contributed by atoms with Crippen LogP contribution in [0.15, 0.2) is 29.5 Å². The van der Waals surface area contributed by atoms with Crippen LogP contribution >= 0.6 is 0 Å². The first-order chi connectivity index (χ1) is 11.1. The maximum atomic E-state index is 12.7. The van der Waals surface area contributed by atoms with Gasteiger partial charge in [-0.05, 0) is 86.1 Å². The Hall–Kier alpha value is -2.03. The fourth-order valence-corrected chi connectivity index (χ4v) is 5.23. The molecule has 5 aliphatic carbocycles. The van der Waals surface area contributed by atoms with E-state index in [4.69, 9.17) is 0 Å². The summed E-state index contributed by atoms with van der Waals surface area (Å²) in [7, 11) is 0. The molecule has 0 saturated heterocycles. The van der Waals surface area contributed by atoms with Crippen LogP contribution < -0.4 is 5.32 Å². The highest BCUT2D eigenvalue weighted by Gasteiger charge is 2.48. The number of aryl methyl sites for hydroxylation is 2. The Bertz CT molecular complexity index is 859. The molecule has 0 aliphatic heterocycles. The van der Waals surface area contributed by atoms with Crippen molar-refractivity contribution in [2.24, 2.45) is 17.8 Å². The van der Waals surface area contributed by atoms with Crippen molar-refractivity contribution in [3.05, 3.63) is 46.3 Å². The van der Waals surface area contributed by atoms with Gasteiger partial charge in [-0.3, -0.25) is 4.79 Å². The van der Waals surface area contributed by atoms with E-state index in [1.807, 2.05) is 6.07 Å². The summed E-state index contributed by atoms with van der Waals surface area (Å²) >= 11 is 0. The number of allylic oxidation sites excluding steroid dienone is 2. The highest BCUT2D eigenvalue weighted by molar-refractivity contribution is 5.99. The summed E-state index contributed by atoms with van der Waals surface area (Å²) in [6.07, 6.45) is 5.15. The zero-order valence-corrected chi connectivity index (χ0v) is 13.7. The molecule has 1 heterocycles. The van der Waals surface area contributed by atoms with Crippen LogP contribution in [-0.4, -0.2) is 10.9 Å². The molecule has 2 atom stereocenters. The van der Waals surface area contributed by atoms with Gasteiger partial charge in [-0.2, -0.15) is 0 Å². The van der Waals surface area contributed by atoms with Gasteiger partial charge in [0.25, 0.3) is 5.91 Å². The third-order valence-corrected chi connectivity index (χ3v) is 6.12. The summed E-state index contributed by atoms with van der Waals surface area (Å²) in [5.41, 5.74) is 6.98. The molecule has 2 N–H and O–H groups in total. The van der Waals surface area contributed by atoms with E-state index in [1.54, 1.807) is 5.57 Å². The number of fused-ring (bicyclic) bond motifs is 2. The van der Waals surface area contributed by atoms with Crippen molar-refractivity contribution in [1.29, 1.82) is 0 Å². The molecule has 1 amide bonds. The molecule has 3 heteroatoms. The van der Waals surface area contributed by atoms with Crippen LogP contribution in [0.1, 0.15) is 47.3 Å². The number of carbonyl (C=O) groups is 1. The molecule has 23 heavy (non-hydrogen) atoms. The van der Waals surface area contributed by atoms with Crippen LogP contribution in [0.2, 0.25) is 0 Å². The summed E-state index contributed by atoms with van der Waals surface area (Å²) in [6, 6.07) is 6.27. The zero-order chi connectivity index (χ0) is 15.7. The monoisotopic (exact) mass is 306 g/mol. The van der Waals surface area contributed by atoms with Gasteiger partial charge >= 0.3 is 0 Å². The second-order valence-corrected chi connectivity index (χ2v) is 7.79. The van der Waals surface area contributed by atoms with Crippen LogP contribution in [0, 0.1) is 31.6 Å². The molecule has 7 rings (SSSR count). The number of rotatable bonds is 2. The number of hydrogen-bond donors (Lipinski definition) is 2. The Morgan fingerprint density at radius 1 is 1.13 bits per heavy atom. The topological polar surface area (TPSA) is 44.9 Å². The first kappa shape index (κ1) is 13.4. The van der Waals surface area contributed by atoms with Gasteiger partial charge in [0.05, 0.1) is 0 Å². The minimum Gasteiger partial charge on any atom is -0.351 e. The van der Waals surface area contributed by atoms with E-state index < -0.39 is 0 Å². The molecule has 1 aromatic heterocycles. The number of hydrogen-bond acceptors (Lipinski definition) is 1. The van der Waals surface area contributed by atoms with E-state index in [0.717, 1.165) is 35.1 Å². The fourth-order valence-electron chi connectivity index (χ4n) is 5.23. The van der Waals surface area contributed by atoms with Crippen LogP contribution in [0.3, 0.4) is 0 Å². The summed E-state index contributed by atoms with van der Waals surface area (Å²) in [4.78, 5) is 16.0. The highest BCUT2D eigenvalue weighted by atomic mass is 16.1. The lowest BCUT2D eigenvalue weighted by atomic mass is 9.53. The average molecular weight is 306 g/mol. The molecule has 0 spiro atoms. The van der Waals surface area contributed by atoms with Crippen molar-refractivity contribution in [3.8, 4) is 0 Å². The highest BCUT2D eigenvalue weighted by Crippen LogP contribution is 2.58. The molecule has 3 nitrogen and oxygen atoms in total. The largest absolute Gasteiger partial charge is 0.351 e. The average Bonchev–Trinajstić information content (AvgIpc) is 2.91. The maximum absolute atomic E-state index is 12.7. The normalized spacial score (nSPS) is 28.2. The number of nitrogens with one attached hydrogen (secondary N) is 2. The van der Waals surface area contributed by atoms with E-state index >= 15 is 0 Å². The molecule has 5 aliphatic rings. The Morgan fingerprint density at radius 2 is 1.91 bits per heavy atom. The summed E-state index contributed by atoms with van der Waals surface area (Å²) < 4.78 is 0. The predicted octanol–water partition coefficient (Wildman–Crippen LogP) is 4.22. The SMILES string of the molecule is Cc1cc(C)c2cc(C(=O)NC3=C4C5CC(C3)CC4C5)[nH]c2c1. The predicted molar refractivity (Wildman–Crippen MR) is 91.2 cm³/mol. The van der Waals surface area contributed by atoms with Gasteiger partial charge in [0.1, 0.15) is 5.69 Å². The number of aromatic amines is 1. The molecule has 3 saturated carbocycles. The summed E-state index contributed by atoms with van der Waals surface area (Å²) in [6.45, 7) is 4.19. The van der Waals surface area contributed by atoms with E-state index in [2.05, 4.69) is 36.3 Å². The molecular formula is C20H22N2O. The lowest BCUT2D eigenvalue weighted by molar-refractivity contribution is 0.0916. The lowest BCUT2D eigenvalue weighted by Gasteiger charge is -2.53. The number of aromatic nitrogens is 1. The van der Waals surface area contributed by atoms with Crippen molar-refractivity contribution >= 4 is 16.8 Å². The fraction of sp³-hybridized carbons (Fsp3) is 0.450. The standard InChI is InChI=1S/C20H22N2O/c1-10-3-11(2)15-9-18(21-16(15)4-10)20(23)22-17-7-12-5-13-8-14(6-12)19(13)17/h3-4,9,12-14,21H,5-8H2,1-2H3,(H,22,23). The van der Waals surface area contributed by atoms with Gasteiger partial charge in [-0.25, -0.2) is 0 Å². The minimum atomic E-state index is 0.0210. The van der Waals surface area contributed by atoms with Crippen LogP contribution in [0.5, 0.6) is 0 Å². The maximum Gasteiger partial charge on any atom is 0.271 e. The summed E-state index contributed by atoms with van der Waals surface area (Å²) in [5, 5.41) is 4.38. The first-order valence-corrected chi connectivity index (χ1v) is 8.72. The third-order valence-electron chi connectivity index (χ3n) is 6.12. The molecule has 2 unspecified atom stereocenters. The molecule has 3 fully saturated rings. The molecule has 4 bridgehead atoms. The Morgan fingerprint density at radius 3 is 2.65 bits per heavy atom. The van der Waals surface area contributed by atoms with Crippen molar-refractivity contribution in [1.82, 2.24) is 10.3 Å². The minimum absolute atomic E-state index is 0.0210. The quantitative estimate of drug-likeness (QED) is 0.857. The van der Waals surface area contributed by atoms with Gasteiger partial charge in [-0.1, -0.05) is 6.07 Å². The van der Waals surface area contributed by atoms with Crippen molar-refractivity contribution < 1.29 is 4.79 Å². The van der Waals surface area contributed by atoms with Gasteiger partial charge < -0.3 is 10.3 Å². The summed E-state index contributed by atoms with van der Waals surface area (Å²) in [5.74, 6) is 2.37. The lowest BCUT2D eigenvalue weighted by Crippen LogP contribution is -2.45. The van der Waals surface area contributed by atoms with Crippen molar-refractivity contribution in [2.45, 2.75) is 39.5 Å². The Kier molecular flexibility index (Phi) is 2.62. The molecule has 0 radical (unpaired) electrons. The van der Waals surface area contributed by atoms with Gasteiger partial charge in [-0.15, -0.1) is 0 Å². The molecule has 118 valence electrons. The van der Waals surface area contributed by atoms with Crippen molar-refractivity contribution in [3.63, 3.8) is 0 Å². The van der Waals surface area contributed by atoms with Crippen LogP contribution in [0.25, 0.3) is 10.9 Å². The molecule has 1 aromatic carbocycles. The smallest absolute Gasteiger partial charge is 0.271 e. The van der Waals surface area contributed by atoms with E-state index in [9.17, 15) is 4.79 Å². The Labute approximate surface area is 136 Å². The number of benzene rings is 1. The number of amides is 1. The Balaban J connectivity index is 1.46. The first-order valence-electron chi connectivity index (χ1n) is 8.72. The van der Waals surface area contributed by atoms with E-state index in [1.165, 1.54) is 36.1 Å². The van der Waals surface area contributed by atoms with E-state index in [0.29, 0.717) is 5.69 Å². The second-order valence-electron chi connectivity index (χ2n) is 7.79. The van der Waals surface area contributed by atoms with Gasteiger partial charge in [0.2, 0.25) is 0 Å². The van der Waals surface area contributed by atoms with Crippen molar-refractivity contribution in [2.75, 3.05) is 0 Å². The number of H-pyrrole nitrogens is 1. The second kappa shape index (κ2) is 4.50. The van der Waals surface area contributed by atoms with Crippen LogP contribution in [-0.2, 0) is 0 Å². The van der Waals surface area contributed by atoms with Gasteiger partial charge in [0.15, 0.2) is 0 Å². The van der Waals surface area contributed by atoms with Gasteiger partial charge in [0, 0.05) is 16.6 Å². The van der Waals surface area contributed by atoms with Crippen LogP contribution in [0.4, 0.5) is 0 Å².